The van der Waals surface area contributed by atoms with Gasteiger partial charge in [-0.05, 0) is 93.9 Å². The number of sulfonamides is 1. The number of carbonyl (C=O) groups is 2. The lowest BCUT2D eigenvalue weighted by Gasteiger charge is -2.32. The molecular weight excluding hydrogens is 618 g/mol. The lowest BCUT2D eigenvalue weighted by Crippen LogP contribution is -2.52. The molecule has 0 aromatic heterocycles. The van der Waals surface area contributed by atoms with Gasteiger partial charge in [0.15, 0.2) is 0 Å². The van der Waals surface area contributed by atoms with Crippen molar-refractivity contribution in [2.75, 3.05) is 17.5 Å². The second-order valence-corrected chi connectivity index (χ2v) is 12.6. The van der Waals surface area contributed by atoms with E-state index in [1.807, 2.05) is 45.0 Å². The third-order valence-electron chi connectivity index (χ3n) is 5.96. The minimum absolute atomic E-state index is 0.0253. The Hall–Kier alpha value is -3.08. The van der Waals surface area contributed by atoms with Gasteiger partial charge >= 0.3 is 0 Å². The fraction of sp³-hybridized carbons (Fsp3) is 0.310. The molecule has 3 rings (SSSR count). The first-order valence-electron chi connectivity index (χ1n) is 12.8. The largest absolute Gasteiger partial charge is 0.494 e. The first-order valence-corrected chi connectivity index (χ1v) is 15.4. The summed E-state index contributed by atoms with van der Waals surface area (Å²) in [7, 11) is -4.19. The van der Waals surface area contributed by atoms with E-state index in [0.717, 1.165) is 14.3 Å². The van der Waals surface area contributed by atoms with Crippen molar-refractivity contribution in [3.63, 3.8) is 0 Å². The fourth-order valence-corrected chi connectivity index (χ4v) is 5.94. The van der Waals surface area contributed by atoms with Gasteiger partial charge in [0.2, 0.25) is 11.8 Å². The van der Waals surface area contributed by atoms with Gasteiger partial charge in [-0.1, -0.05) is 39.7 Å². The van der Waals surface area contributed by atoms with E-state index in [0.29, 0.717) is 17.4 Å². The van der Waals surface area contributed by atoms with Crippen LogP contribution in [0.5, 0.6) is 5.75 Å². The van der Waals surface area contributed by atoms with Crippen LogP contribution in [-0.4, -0.2) is 50.4 Å². The minimum Gasteiger partial charge on any atom is -0.494 e. The molecule has 0 aliphatic carbocycles. The third kappa shape index (κ3) is 8.22. The fourth-order valence-electron chi connectivity index (χ4n) is 3.96. The monoisotopic (exact) mass is 649 g/mol. The molecule has 2 amide bonds. The van der Waals surface area contributed by atoms with Crippen LogP contribution in [0.25, 0.3) is 0 Å². The standard InChI is InChI=1S/C29H33BrClN3O5S/c1-5-39-26-13-11-25(12-14-26)34(40(37,38)27-15-9-24(31)10-16-27)19-28(35)33(21(4)29(36)32-20(2)3)18-22-7-6-8-23(30)17-22/h6-17,20-21H,5,18-19H2,1-4H3,(H,32,36). The van der Waals surface area contributed by atoms with Crippen LogP contribution in [0.3, 0.4) is 0 Å². The van der Waals surface area contributed by atoms with Crippen molar-refractivity contribution in [2.45, 2.75) is 51.2 Å². The molecule has 0 aliphatic heterocycles. The highest BCUT2D eigenvalue weighted by Crippen LogP contribution is 2.27. The molecule has 0 aliphatic rings. The van der Waals surface area contributed by atoms with Crippen molar-refractivity contribution in [3.8, 4) is 5.75 Å². The summed E-state index contributed by atoms with van der Waals surface area (Å²) in [5.41, 5.74) is 1.05. The van der Waals surface area contributed by atoms with Crippen LogP contribution >= 0.6 is 27.5 Å². The summed E-state index contributed by atoms with van der Waals surface area (Å²) >= 11 is 9.44. The number of nitrogens with one attached hydrogen (secondary N) is 1. The summed E-state index contributed by atoms with van der Waals surface area (Å²) in [6.07, 6.45) is 0. The Morgan fingerprint density at radius 3 is 2.23 bits per heavy atom. The molecule has 214 valence electrons. The molecule has 0 fully saturated rings. The van der Waals surface area contributed by atoms with Crippen molar-refractivity contribution in [3.05, 3.63) is 87.9 Å². The summed E-state index contributed by atoms with van der Waals surface area (Å²) in [5, 5.41) is 3.22. The topological polar surface area (TPSA) is 96.0 Å². The van der Waals surface area contributed by atoms with Crippen LogP contribution in [-0.2, 0) is 26.2 Å². The zero-order valence-corrected chi connectivity index (χ0v) is 26.0. The predicted octanol–water partition coefficient (Wildman–Crippen LogP) is 5.64. The van der Waals surface area contributed by atoms with Gasteiger partial charge in [0.1, 0.15) is 18.3 Å². The number of rotatable bonds is 12. The smallest absolute Gasteiger partial charge is 0.264 e. The summed E-state index contributed by atoms with van der Waals surface area (Å²) in [6.45, 7) is 7.15. The van der Waals surface area contributed by atoms with Gasteiger partial charge in [-0.3, -0.25) is 13.9 Å². The molecule has 3 aromatic rings. The molecule has 0 bridgehead atoms. The number of benzene rings is 3. The number of carbonyl (C=O) groups excluding carboxylic acids is 2. The molecule has 0 saturated heterocycles. The Morgan fingerprint density at radius 2 is 1.65 bits per heavy atom. The lowest BCUT2D eigenvalue weighted by atomic mass is 10.1. The van der Waals surface area contributed by atoms with E-state index < -0.39 is 28.5 Å². The van der Waals surface area contributed by atoms with Gasteiger partial charge in [-0.25, -0.2) is 8.42 Å². The Bertz CT molecular complexity index is 1420. The van der Waals surface area contributed by atoms with E-state index in [2.05, 4.69) is 21.2 Å². The summed E-state index contributed by atoms with van der Waals surface area (Å²) < 4.78 is 35.1. The number of halogens is 2. The summed E-state index contributed by atoms with van der Waals surface area (Å²) in [5.74, 6) is -0.319. The molecule has 1 unspecified atom stereocenters. The highest BCUT2D eigenvalue weighted by Gasteiger charge is 2.32. The second-order valence-electron chi connectivity index (χ2n) is 9.38. The SMILES string of the molecule is CCOc1ccc(N(CC(=O)N(Cc2cccc(Br)c2)C(C)C(=O)NC(C)C)S(=O)(=O)c2ccc(Cl)cc2)cc1. The maximum Gasteiger partial charge on any atom is 0.264 e. The van der Waals surface area contributed by atoms with Gasteiger partial charge < -0.3 is 15.0 Å². The zero-order valence-electron chi connectivity index (χ0n) is 22.8. The van der Waals surface area contributed by atoms with Crippen LogP contribution in [0.15, 0.2) is 82.2 Å². The molecule has 3 aromatic carbocycles. The van der Waals surface area contributed by atoms with Crippen LogP contribution in [0, 0.1) is 0 Å². The molecule has 0 spiro atoms. The average Bonchev–Trinajstić information content (AvgIpc) is 2.90. The van der Waals surface area contributed by atoms with Crippen molar-refractivity contribution < 1.29 is 22.7 Å². The Balaban J connectivity index is 2.03. The zero-order chi connectivity index (χ0) is 29.4. The molecule has 8 nitrogen and oxygen atoms in total. The number of amides is 2. The predicted molar refractivity (Wildman–Crippen MR) is 161 cm³/mol. The van der Waals surface area contributed by atoms with E-state index in [-0.39, 0.29) is 29.1 Å². The van der Waals surface area contributed by atoms with E-state index in [9.17, 15) is 18.0 Å². The van der Waals surface area contributed by atoms with E-state index in [1.54, 1.807) is 31.2 Å². The summed E-state index contributed by atoms with van der Waals surface area (Å²) in [6, 6.07) is 18.6. The van der Waals surface area contributed by atoms with Crippen molar-refractivity contribution in [1.82, 2.24) is 10.2 Å². The molecule has 1 N–H and O–H groups in total. The number of ether oxygens (including phenoxy) is 1. The first kappa shape index (κ1) is 31.4. The van der Waals surface area contributed by atoms with Gasteiger partial charge in [0, 0.05) is 22.1 Å². The van der Waals surface area contributed by atoms with E-state index >= 15 is 0 Å². The quantitative estimate of drug-likeness (QED) is 0.274. The Labute approximate surface area is 249 Å². The van der Waals surface area contributed by atoms with Crippen LogP contribution in [0.1, 0.15) is 33.3 Å². The van der Waals surface area contributed by atoms with E-state index in [1.165, 1.54) is 29.2 Å². The van der Waals surface area contributed by atoms with Crippen LogP contribution in [0.4, 0.5) is 5.69 Å². The van der Waals surface area contributed by atoms with Crippen molar-refractivity contribution >= 4 is 55.1 Å². The van der Waals surface area contributed by atoms with Crippen LogP contribution < -0.4 is 14.4 Å². The highest BCUT2D eigenvalue weighted by atomic mass is 79.9. The number of anilines is 1. The van der Waals surface area contributed by atoms with Gasteiger partial charge in [0.25, 0.3) is 10.0 Å². The number of hydrogen-bond donors (Lipinski definition) is 1. The average molecular weight is 651 g/mol. The molecule has 0 heterocycles. The third-order valence-corrected chi connectivity index (χ3v) is 8.49. The number of hydrogen-bond acceptors (Lipinski definition) is 5. The Morgan fingerprint density at radius 1 is 1.00 bits per heavy atom. The number of nitrogens with zero attached hydrogens (tertiary/aromatic N) is 2. The van der Waals surface area contributed by atoms with E-state index in [4.69, 9.17) is 16.3 Å². The molecule has 0 saturated carbocycles. The molecule has 11 heteroatoms. The van der Waals surface area contributed by atoms with Crippen molar-refractivity contribution in [1.29, 1.82) is 0 Å². The normalized spacial score (nSPS) is 12.1. The molecule has 40 heavy (non-hydrogen) atoms. The molecular formula is C29H33BrClN3O5S. The minimum atomic E-state index is -4.19. The molecule has 0 radical (unpaired) electrons. The van der Waals surface area contributed by atoms with Gasteiger partial charge in [-0.2, -0.15) is 0 Å². The molecule has 1 atom stereocenters. The maximum atomic E-state index is 13.9. The second kappa shape index (κ2) is 14.0. The Kier molecular flexibility index (Phi) is 11.0. The maximum absolute atomic E-state index is 13.9. The van der Waals surface area contributed by atoms with Crippen molar-refractivity contribution in [2.24, 2.45) is 0 Å². The van der Waals surface area contributed by atoms with Crippen LogP contribution in [0.2, 0.25) is 5.02 Å². The first-order chi connectivity index (χ1) is 18.9. The van der Waals surface area contributed by atoms with Gasteiger partial charge in [-0.15, -0.1) is 0 Å². The lowest BCUT2D eigenvalue weighted by molar-refractivity contribution is -0.139. The van der Waals surface area contributed by atoms with Gasteiger partial charge in [0.05, 0.1) is 17.2 Å². The highest BCUT2D eigenvalue weighted by molar-refractivity contribution is 9.10. The summed E-state index contributed by atoms with van der Waals surface area (Å²) in [4.78, 5) is 28.3.